The molecular formula is C22H28N2O3. The fourth-order valence-corrected chi connectivity index (χ4v) is 2.70. The molecule has 1 unspecified atom stereocenters. The fraction of sp³-hybridized carbons (Fsp3) is 0.364. The van der Waals surface area contributed by atoms with Crippen LogP contribution in [-0.2, 0) is 16.1 Å². The van der Waals surface area contributed by atoms with Gasteiger partial charge in [-0.25, -0.2) is 0 Å². The Balaban J connectivity index is 2.15. The van der Waals surface area contributed by atoms with Crippen molar-refractivity contribution in [1.82, 2.24) is 10.2 Å². The molecule has 5 nitrogen and oxygen atoms in total. The molecule has 0 fully saturated rings. The lowest BCUT2D eigenvalue weighted by Gasteiger charge is -2.29. The Morgan fingerprint density at radius 1 is 1.00 bits per heavy atom. The Morgan fingerprint density at radius 2 is 1.63 bits per heavy atom. The van der Waals surface area contributed by atoms with E-state index in [-0.39, 0.29) is 24.5 Å². The SMILES string of the molecule is Cc1ccccc1CN(C(=O)COc1ccccc1)C(C)C(=O)NC(C)C. The fourth-order valence-electron chi connectivity index (χ4n) is 2.70. The molecule has 2 amide bonds. The maximum absolute atomic E-state index is 12.9. The van der Waals surface area contributed by atoms with Crippen molar-refractivity contribution in [3.63, 3.8) is 0 Å². The summed E-state index contributed by atoms with van der Waals surface area (Å²) < 4.78 is 5.60. The number of nitrogens with one attached hydrogen (secondary N) is 1. The van der Waals surface area contributed by atoms with E-state index in [1.807, 2.05) is 63.2 Å². The number of ether oxygens (including phenoxy) is 1. The zero-order valence-electron chi connectivity index (χ0n) is 16.4. The number of rotatable bonds is 8. The van der Waals surface area contributed by atoms with Crippen molar-refractivity contribution in [3.8, 4) is 5.75 Å². The monoisotopic (exact) mass is 368 g/mol. The molecule has 0 radical (unpaired) electrons. The smallest absolute Gasteiger partial charge is 0.261 e. The van der Waals surface area contributed by atoms with Crippen molar-refractivity contribution >= 4 is 11.8 Å². The zero-order chi connectivity index (χ0) is 19.8. The summed E-state index contributed by atoms with van der Waals surface area (Å²) in [7, 11) is 0. The van der Waals surface area contributed by atoms with Crippen LogP contribution in [0.1, 0.15) is 31.9 Å². The van der Waals surface area contributed by atoms with E-state index in [1.54, 1.807) is 24.0 Å². The van der Waals surface area contributed by atoms with Gasteiger partial charge >= 0.3 is 0 Å². The van der Waals surface area contributed by atoms with Gasteiger partial charge in [0.25, 0.3) is 5.91 Å². The number of hydrogen-bond donors (Lipinski definition) is 1. The lowest BCUT2D eigenvalue weighted by Crippen LogP contribution is -2.50. The van der Waals surface area contributed by atoms with E-state index < -0.39 is 6.04 Å². The standard InChI is InChI=1S/C22H28N2O3/c1-16(2)23-22(26)18(4)24(14-19-11-9-8-10-17(19)3)21(25)15-27-20-12-6-5-7-13-20/h5-13,16,18H,14-15H2,1-4H3,(H,23,26). The van der Waals surface area contributed by atoms with Crippen molar-refractivity contribution in [2.24, 2.45) is 0 Å². The Morgan fingerprint density at radius 3 is 2.26 bits per heavy atom. The lowest BCUT2D eigenvalue weighted by molar-refractivity contribution is -0.142. The number of amides is 2. The normalized spacial score (nSPS) is 11.7. The second-order valence-corrected chi connectivity index (χ2v) is 6.89. The van der Waals surface area contributed by atoms with E-state index >= 15 is 0 Å². The van der Waals surface area contributed by atoms with Gasteiger partial charge in [-0.15, -0.1) is 0 Å². The van der Waals surface area contributed by atoms with E-state index in [4.69, 9.17) is 4.74 Å². The number of carbonyl (C=O) groups is 2. The molecule has 0 heterocycles. The van der Waals surface area contributed by atoms with E-state index in [0.29, 0.717) is 12.3 Å². The van der Waals surface area contributed by atoms with Gasteiger partial charge in [0.2, 0.25) is 5.91 Å². The maximum Gasteiger partial charge on any atom is 0.261 e. The first kappa shape index (κ1) is 20.5. The van der Waals surface area contributed by atoms with E-state index in [0.717, 1.165) is 11.1 Å². The molecule has 0 saturated carbocycles. The predicted octanol–water partition coefficient (Wildman–Crippen LogP) is 3.32. The summed E-state index contributed by atoms with van der Waals surface area (Å²) in [5, 5.41) is 2.88. The lowest BCUT2D eigenvalue weighted by atomic mass is 10.1. The van der Waals surface area contributed by atoms with Crippen LogP contribution in [0.3, 0.4) is 0 Å². The minimum atomic E-state index is -0.598. The highest BCUT2D eigenvalue weighted by atomic mass is 16.5. The molecule has 5 heteroatoms. The zero-order valence-corrected chi connectivity index (χ0v) is 16.4. The van der Waals surface area contributed by atoms with Crippen LogP contribution >= 0.6 is 0 Å². The minimum Gasteiger partial charge on any atom is -0.484 e. The summed E-state index contributed by atoms with van der Waals surface area (Å²) in [6.07, 6.45) is 0. The molecule has 1 N–H and O–H groups in total. The van der Waals surface area contributed by atoms with Gasteiger partial charge in [-0.05, 0) is 51.0 Å². The van der Waals surface area contributed by atoms with Gasteiger partial charge in [-0.1, -0.05) is 42.5 Å². The molecule has 0 aliphatic carbocycles. The van der Waals surface area contributed by atoms with Crippen LogP contribution in [0.25, 0.3) is 0 Å². The highest BCUT2D eigenvalue weighted by Gasteiger charge is 2.27. The predicted molar refractivity (Wildman–Crippen MR) is 106 cm³/mol. The summed E-state index contributed by atoms with van der Waals surface area (Å²) in [6, 6.07) is 16.5. The van der Waals surface area contributed by atoms with Gasteiger partial charge < -0.3 is 15.0 Å². The Bertz CT molecular complexity index is 759. The summed E-state index contributed by atoms with van der Waals surface area (Å²) in [5.41, 5.74) is 2.09. The Hall–Kier alpha value is -2.82. The largest absolute Gasteiger partial charge is 0.484 e. The highest BCUT2D eigenvalue weighted by Crippen LogP contribution is 2.15. The average molecular weight is 368 g/mol. The number of para-hydroxylation sites is 1. The van der Waals surface area contributed by atoms with Gasteiger partial charge in [0, 0.05) is 12.6 Å². The molecular weight excluding hydrogens is 340 g/mol. The maximum atomic E-state index is 12.9. The quantitative estimate of drug-likeness (QED) is 0.778. The molecule has 144 valence electrons. The molecule has 1 atom stereocenters. The van der Waals surface area contributed by atoms with Crippen LogP contribution in [0.4, 0.5) is 0 Å². The molecule has 2 aromatic rings. The molecule has 27 heavy (non-hydrogen) atoms. The van der Waals surface area contributed by atoms with Crippen molar-refractivity contribution < 1.29 is 14.3 Å². The van der Waals surface area contributed by atoms with Crippen LogP contribution in [0.2, 0.25) is 0 Å². The Labute approximate surface area is 161 Å². The van der Waals surface area contributed by atoms with Crippen molar-refractivity contribution in [3.05, 3.63) is 65.7 Å². The average Bonchev–Trinajstić information content (AvgIpc) is 2.65. The summed E-state index contributed by atoms with van der Waals surface area (Å²) in [5.74, 6) is 0.223. The van der Waals surface area contributed by atoms with Crippen LogP contribution in [-0.4, -0.2) is 35.4 Å². The molecule has 0 spiro atoms. The third-order valence-electron chi connectivity index (χ3n) is 4.31. The third-order valence-corrected chi connectivity index (χ3v) is 4.31. The second kappa shape index (κ2) is 9.76. The van der Waals surface area contributed by atoms with Crippen molar-refractivity contribution in [2.75, 3.05) is 6.61 Å². The molecule has 2 rings (SSSR count). The number of hydrogen-bond acceptors (Lipinski definition) is 3. The third kappa shape index (κ3) is 6.13. The van der Waals surface area contributed by atoms with Gasteiger partial charge in [0.1, 0.15) is 11.8 Å². The number of benzene rings is 2. The van der Waals surface area contributed by atoms with Crippen molar-refractivity contribution in [1.29, 1.82) is 0 Å². The number of carbonyl (C=O) groups excluding carboxylic acids is 2. The van der Waals surface area contributed by atoms with Gasteiger partial charge in [0.05, 0.1) is 0 Å². The van der Waals surface area contributed by atoms with Gasteiger partial charge in [0.15, 0.2) is 6.61 Å². The number of aryl methyl sites for hydroxylation is 1. The molecule has 0 aliphatic heterocycles. The van der Waals surface area contributed by atoms with Gasteiger partial charge in [-0.3, -0.25) is 9.59 Å². The first-order valence-electron chi connectivity index (χ1n) is 9.20. The van der Waals surface area contributed by atoms with Crippen molar-refractivity contribution in [2.45, 2.75) is 46.3 Å². The summed E-state index contributed by atoms with van der Waals surface area (Å²) >= 11 is 0. The van der Waals surface area contributed by atoms with Crippen LogP contribution in [0.5, 0.6) is 5.75 Å². The number of nitrogens with zero attached hydrogens (tertiary/aromatic N) is 1. The molecule has 0 aromatic heterocycles. The first-order valence-corrected chi connectivity index (χ1v) is 9.20. The van der Waals surface area contributed by atoms with E-state index in [2.05, 4.69) is 5.32 Å². The Kier molecular flexibility index (Phi) is 7.41. The van der Waals surface area contributed by atoms with Crippen LogP contribution < -0.4 is 10.1 Å². The van der Waals surface area contributed by atoms with E-state index in [1.165, 1.54) is 0 Å². The van der Waals surface area contributed by atoms with Crippen LogP contribution in [0, 0.1) is 6.92 Å². The summed E-state index contributed by atoms with van der Waals surface area (Å²) in [4.78, 5) is 27.0. The highest BCUT2D eigenvalue weighted by molar-refractivity contribution is 5.88. The van der Waals surface area contributed by atoms with E-state index in [9.17, 15) is 9.59 Å². The van der Waals surface area contributed by atoms with Gasteiger partial charge in [-0.2, -0.15) is 0 Å². The topological polar surface area (TPSA) is 58.6 Å². The molecule has 2 aromatic carbocycles. The molecule has 0 bridgehead atoms. The molecule has 0 saturated heterocycles. The second-order valence-electron chi connectivity index (χ2n) is 6.89. The summed E-state index contributed by atoms with van der Waals surface area (Å²) in [6.45, 7) is 7.78. The minimum absolute atomic E-state index is 0.0101. The first-order chi connectivity index (χ1) is 12.9. The van der Waals surface area contributed by atoms with Crippen LogP contribution in [0.15, 0.2) is 54.6 Å². The molecule has 0 aliphatic rings.